The van der Waals surface area contributed by atoms with Crippen LogP contribution in [-0.2, 0) is 53.0 Å². The van der Waals surface area contributed by atoms with E-state index in [9.17, 15) is 32.7 Å². The topological polar surface area (TPSA) is 243 Å². The number of alkyl carbamates (subject to hydrolysis) is 2. The predicted molar refractivity (Wildman–Crippen MR) is 222 cm³/mol. The summed E-state index contributed by atoms with van der Waals surface area (Å²) in [6.07, 6.45) is -7.25. The molecule has 348 valence electrons. The number of nitrogens with one attached hydrogen (secondary N) is 3. The largest absolute Gasteiger partial charge is 0.490 e. The van der Waals surface area contributed by atoms with Gasteiger partial charge in [0.25, 0.3) is 0 Å². The van der Waals surface area contributed by atoms with Crippen LogP contribution in [0.1, 0.15) is 49.6 Å². The number of aliphatic carboxylic acids is 1. The Morgan fingerprint density at radius 1 is 0.754 bits per heavy atom. The fourth-order valence-corrected chi connectivity index (χ4v) is 6.11. The number of carboxylic acid groups (broad SMARTS) is 1. The number of carbonyl (C=O) groups is 4. The summed E-state index contributed by atoms with van der Waals surface area (Å²) in [5, 5.41) is 24.8. The average Bonchev–Trinajstić information content (AvgIpc) is 3.78. The van der Waals surface area contributed by atoms with Gasteiger partial charge in [-0.2, -0.15) is 18.2 Å². The first-order valence-corrected chi connectivity index (χ1v) is 20.1. The van der Waals surface area contributed by atoms with E-state index in [2.05, 4.69) is 25.9 Å². The van der Waals surface area contributed by atoms with Crippen LogP contribution in [0.25, 0.3) is 0 Å². The Morgan fingerprint density at radius 3 is 1.72 bits per heavy atom. The highest BCUT2D eigenvalue weighted by Gasteiger charge is 2.55. The van der Waals surface area contributed by atoms with Crippen LogP contribution in [-0.4, -0.2) is 99.9 Å². The van der Waals surface area contributed by atoms with Crippen molar-refractivity contribution in [3.63, 3.8) is 0 Å². The summed E-state index contributed by atoms with van der Waals surface area (Å²) in [7, 11) is 0. The minimum atomic E-state index is -5.08. The third-order valence-corrected chi connectivity index (χ3v) is 9.06. The van der Waals surface area contributed by atoms with E-state index in [0.717, 1.165) is 16.7 Å². The highest BCUT2D eigenvalue weighted by Crippen LogP contribution is 2.42. The van der Waals surface area contributed by atoms with Crippen LogP contribution in [0, 0.1) is 0 Å². The number of rotatable bonds is 14. The molecule has 19 nitrogen and oxygen atoms in total. The molecule has 0 spiro atoms. The molecular formula is C43H48F3N7O12. The van der Waals surface area contributed by atoms with Crippen molar-refractivity contribution in [2.45, 2.75) is 83.0 Å². The Kier molecular flexibility index (Phi) is 17.9. The molecule has 6 rings (SSSR count). The number of nitrogens with zero attached hydrogens (tertiary/aromatic N) is 4. The number of aliphatic hydroxyl groups is 1. The predicted octanol–water partition coefficient (Wildman–Crippen LogP) is 5.56. The number of halogens is 3. The molecule has 0 unspecified atom stereocenters. The molecule has 2 fully saturated rings. The number of aliphatic hydroxyl groups excluding tert-OH is 1. The Bertz CT molecular complexity index is 2230. The van der Waals surface area contributed by atoms with Crippen molar-refractivity contribution in [2.75, 3.05) is 25.0 Å². The number of guanidine groups is 1. The third-order valence-electron chi connectivity index (χ3n) is 9.06. The zero-order chi connectivity index (χ0) is 46.8. The number of hydrogen-bond donors (Lipinski definition) is 5. The molecule has 22 heteroatoms. The van der Waals surface area contributed by atoms with E-state index in [4.69, 9.17) is 43.3 Å². The van der Waals surface area contributed by atoms with E-state index in [0.29, 0.717) is 12.8 Å². The molecule has 2 aliphatic rings. The van der Waals surface area contributed by atoms with Gasteiger partial charge in [-0.1, -0.05) is 91.0 Å². The van der Waals surface area contributed by atoms with Crippen LogP contribution in [0.4, 0.5) is 33.4 Å². The van der Waals surface area contributed by atoms with Gasteiger partial charge in [0.15, 0.2) is 12.0 Å². The van der Waals surface area contributed by atoms with Gasteiger partial charge < -0.3 is 38.6 Å². The number of anilines is 1. The number of carbonyl (C=O) groups excluding carboxylic acids is 3. The summed E-state index contributed by atoms with van der Waals surface area (Å²) >= 11 is 0. The van der Waals surface area contributed by atoms with E-state index >= 15 is 0 Å². The monoisotopic (exact) mass is 911 g/mol. The average molecular weight is 912 g/mol. The van der Waals surface area contributed by atoms with Crippen molar-refractivity contribution < 1.29 is 71.0 Å². The molecule has 65 heavy (non-hydrogen) atoms. The summed E-state index contributed by atoms with van der Waals surface area (Å²) in [5.41, 5.74) is 2.62. The fourth-order valence-electron chi connectivity index (χ4n) is 6.11. The van der Waals surface area contributed by atoms with Crippen molar-refractivity contribution in [2.24, 2.45) is 9.98 Å². The van der Waals surface area contributed by atoms with Gasteiger partial charge in [-0.3, -0.25) is 30.5 Å². The Labute approximate surface area is 370 Å². The molecular weight excluding hydrogens is 864 g/mol. The second-order valence-electron chi connectivity index (χ2n) is 14.5. The summed E-state index contributed by atoms with van der Waals surface area (Å²) in [6, 6.07) is 29.2. The second kappa shape index (κ2) is 23.7. The minimum absolute atomic E-state index is 0.0183. The van der Waals surface area contributed by atoms with E-state index in [1.165, 1.54) is 0 Å². The molecule has 0 saturated carbocycles. The quantitative estimate of drug-likeness (QED) is 0.0451. The number of benzene rings is 3. The molecule has 5 N–H and O–H groups in total. The van der Waals surface area contributed by atoms with Crippen molar-refractivity contribution in [1.29, 1.82) is 0 Å². The smallest absolute Gasteiger partial charge is 0.475 e. The molecule has 2 aliphatic heterocycles. The van der Waals surface area contributed by atoms with E-state index in [1.54, 1.807) is 30.7 Å². The molecule has 1 aromatic heterocycles. The van der Waals surface area contributed by atoms with Gasteiger partial charge in [-0.05, 0) is 49.4 Å². The normalized spacial score (nSPS) is 18.5. The summed E-state index contributed by atoms with van der Waals surface area (Å²) in [5.74, 6) is -3.61. The van der Waals surface area contributed by atoms with Gasteiger partial charge >= 0.3 is 30.4 Å². The fraction of sp³-hybridized carbons (Fsp3) is 0.372. The number of alkyl halides is 3. The van der Waals surface area contributed by atoms with Gasteiger partial charge in [-0.15, -0.1) is 0 Å². The van der Waals surface area contributed by atoms with Crippen molar-refractivity contribution in [1.82, 2.24) is 20.2 Å². The van der Waals surface area contributed by atoms with Crippen LogP contribution in [0.15, 0.2) is 113 Å². The first-order chi connectivity index (χ1) is 31.1. The zero-order valence-corrected chi connectivity index (χ0v) is 35.2. The summed E-state index contributed by atoms with van der Waals surface area (Å²) in [4.78, 5) is 60.6. The van der Waals surface area contributed by atoms with E-state index in [1.807, 2.05) is 91.0 Å². The van der Waals surface area contributed by atoms with E-state index < -0.39 is 60.8 Å². The number of amides is 3. The maximum absolute atomic E-state index is 12.7. The van der Waals surface area contributed by atoms with Crippen molar-refractivity contribution in [3.05, 3.63) is 126 Å². The molecule has 4 aromatic rings. The Balaban J connectivity index is 0.00000105. The van der Waals surface area contributed by atoms with Crippen LogP contribution >= 0.6 is 0 Å². The third kappa shape index (κ3) is 16.0. The van der Waals surface area contributed by atoms with E-state index in [-0.39, 0.29) is 56.9 Å². The maximum Gasteiger partial charge on any atom is 0.490 e. The molecule has 3 heterocycles. The molecule has 0 radical (unpaired) electrons. The molecule has 2 saturated heterocycles. The number of hydrogen-bond acceptors (Lipinski definition) is 14. The summed E-state index contributed by atoms with van der Waals surface area (Å²) < 4.78 is 67.8. The molecule has 4 atom stereocenters. The Morgan fingerprint density at radius 2 is 1.23 bits per heavy atom. The van der Waals surface area contributed by atoms with Crippen LogP contribution in [0.3, 0.4) is 0 Å². The van der Waals surface area contributed by atoms with Crippen LogP contribution in [0.2, 0.25) is 0 Å². The molecule has 3 aromatic carbocycles. The number of unbranched alkanes of at least 4 members (excludes halogenated alkanes) is 1. The summed E-state index contributed by atoms with van der Waals surface area (Å²) in [6.45, 7) is 3.87. The van der Waals surface area contributed by atoms with Gasteiger partial charge in [-0.25, -0.2) is 19.2 Å². The standard InChI is InChI=1S/C41H47N7O10.C2HF3O2/c1-41(2)57-33-31(24-49)56-35(34(33)58-41)48-23-20-32(45-38(50)53-25-28-14-6-3-7-15-28)44-37(48)43-22-13-12-21-42-36(46-39(51)54-26-29-16-8-4-9-17-29)47-40(52)55-27-30-18-10-5-11-19-30;3-2(4,5)1(6)7/h3-11,14-20,23,31,33-35,49H,12-13,21-22,24-27H2,1-2H3,(H,43,44,45,50)(H2,42,46,47,51,52);(H,6,7)/t31-,33-,34-,35-;/m1./s1. The highest BCUT2D eigenvalue weighted by molar-refractivity contribution is 6.01. The van der Waals surface area contributed by atoms with Gasteiger partial charge in [0.2, 0.25) is 11.6 Å². The van der Waals surface area contributed by atoms with Crippen LogP contribution < -0.4 is 21.6 Å². The SMILES string of the molecule is CC1(C)O[C@@H]2[C@H](O1)[C@@H](CO)O[C@H]2n1ccc(NC(=O)OCc2ccccc2)nc1=NCCCCN=C(NC(=O)OCc1ccccc1)NC(=O)OCc1ccccc1.O=C(O)C(F)(F)F. The lowest BCUT2D eigenvalue weighted by Gasteiger charge is -2.25. The maximum atomic E-state index is 12.7. The number of aromatic nitrogens is 2. The van der Waals surface area contributed by atoms with Crippen molar-refractivity contribution in [3.8, 4) is 0 Å². The first kappa shape index (κ1) is 49.1. The Hall–Kier alpha value is -6.88. The highest BCUT2D eigenvalue weighted by atomic mass is 19.4. The molecule has 0 bridgehead atoms. The lowest BCUT2D eigenvalue weighted by molar-refractivity contribution is -0.200. The minimum Gasteiger partial charge on any atom is -0.475 e. The van der Waals surface area contributed by atoms with Gasteiger partial charge in [0.1, 0.15) is 44.0 Å². The van der Waals surface area contributed by atoms with Crippen molar-refractivity contribution >= 4 is 36.0 Å². The second-order valence-corrected chi connectivity index (χ2v) is 14.5. The number of ether oxygens (including phenoxy) is 6. The molecule has 0 aliphatic carbocycles. The molecule has 3 amide bonds. The lowest BCUT2D eigenvalue weighted by Crippen LogP contribution is -2.44. The van der Waals surface area contributed by atoms with Gasteiger partial charge in [0, 0.05) is 19.3 Å². The number of carboxylic acids is 1. The number of aliphatic imine (C=N–C) groups is 1. The lowest BCUT2D eigenvalue weighted by atomic mass is 10.1. The number of fused-ring (bicyclic) bond motifs is 1. The first-order valence-electron chi connectivity index (χ1n) is 20.1. The zero-order valence-electron chi connectivity index (χ0n) is 35.2. The van der Waals surface area contributed by atoms with Gasteiger partial charge in [0.05, 0.1) is 6.61 Å². The van der Waals surface area contributed by atoms with Crippen LogP contribution in [0.5, 0.6) is 0 Å².